The van der Waals surface area contributed by atoms with Crippen molar-refractivity contribution in [1.29, 1.82) is 0 Å². The van der Waals surface area contributed by atoms with Crippen LogP contribution in [0.25, 0.3) is 5.65 Å². The van der Waals surface area contributed by atoms with Crippen LogP contribution in [-0.4, -0.2) is 22.5 Å². The highest BCUT2D eigenvalue weighted by molar-refractivity contribution is 6.33. The fourth-order valence-electron chi connectivity index (χ4n) is 2.52. The van der Waals surface area contributed by atoms with Crippen molar-refractivity contribution in [3.8, 4) is 0 Å². The van der Waals surface area contributed by atoms with E-state index in [4.69, 9.17) is 11.6 Å². The summed E-state index contributed by atoms with van der Waals surface area (Å²) in [4.78, 5) is 4.61. The Bertz CT molecular complexity index is 514. The molecule has 3 rings (SSSR count). The molecule has 0 saturated carbocycles. The standard InChI is InChI=1S/C13H16ClN3/c14-12-4-2-6-17-9-11(16-13(12)17)7-10-3-1-5-15-8-10/h2,4,6,9-10,15H,1,3,5,7-8H2. The smallest absolute Gasteiger partial charge is 0.155 e. The maximum atomic E-state index is 6.12. The first kappa shape index (κ1) is 11.1. The maximum absolute atomic E-state index is 6.12. The lowest BCUT2D eigenvalue weighted by Crippen LogP contribution is -2.30. The van der Waals surface area contributed by atoms with Gasteiger partial charge in [-0.15, -0.1) is 0 Å². The summed E-state index contributed by atoms with van der Waals surface area (Å²) in [6.07, 6.45) is 7.71. The van der Waals surface area contributed by atoms with Gasteiger partial charge in [-0.1, -0.05) is 11.6 Å². The van der Waals surface area contributed by atoms with Crippen LogP contribution in [0.5, 0.6) is 0 Å². The van der Waals surface area contributed by atoms with Gasteiger partial charge in [0.25, 0.3) is 0 Å². The average molecular weight is 250 g/mol. The van der Waals surface area contributed by atoms with Crippen molar-refractivity contribution in [2.75, 3.05) is 13.1 Å². The van der Waals surface area contributed by atoms with E-state index in [1.54, 1.807) is 0 Å². The lowest BCUT2D eigenvalue weighted by molar-refractivity contribution is 0.374. The van der Waals surface area contributed by atoms with Gasteiger partial charge in [0.1, 0.15) is 0 Å². The lowest BCUT2D eigenvalue weighted by atomic mass is 9.95. The van der Waals surface area contributed by atoms with E-state index >= 15 is 0 Å². The van der Waals surface area contributed by atoms with E-state index in [1.807, 2.05) is 22.7 Å². The van der Waals surface area contributed by atoms with E-state index in [1.165, 1.54) is 12.8 Å². The van der Waals surface area contributed by atoms with E-state index in [-0.39, 0.29) is 0 Å². The number of hydrogen-bond donors (Lipinski definition) is 1. The van der Waals surface area contributed by atoms with Crippen LogP contribution in [0.1, 0.15) is 18.5 Å². The monoisotopic (exact) mass is 249 g/mol. The molecule has 2 aromatic heterocycles. The normalized spacial score (nSPS) is 20.9. The molecule has 0 amide bonds. The Morgan fingerprint density at radius 3 is 3.24 bits per heavy atom. The third-order valence-corrected chi connectivity index (χ3v) is 3.68. The topological polar surface area (TPSA) is 29.3 Å². The second kappa shape index (κ2) is 4.67. The van der Waals surface area contributed by atoms with Crippen molar-refractivity contribution in [3.63, 3.8) is 0 Å². The van der Waals surface area contributed by atoms with E-state index in [2.05, 4.69) is 16.5 Å². The summed E-state index contributed by atoms with van der Waals surface area (Å²) < 4.78 is 2.01. The molecule has 0 aliphatic carbocycles. The summed E-state index contributed by atoms with van der Waals surface area (Å²) in [6, 6.07) is 3.83. The summed E-state index contributed by atoms with van der Waals surface area (Å²) in [7, 11) is 0. The molecule has 4 heteroatoms. The molecule has 1 unspecified atom stereocenters. The minimum atomic E-state index is 0.715. The molecule has 1 atom stereocenters. The van der Waals surface area contributed by atoms with Crippen LogP contribution in [0.4, 0.5) is 0 Å². The fourth-order valence-corrected chi connectivity index (χ4v) is 2.73. The quantitative estimate of drug-likeness (QED) is 0.886. The van der Waals surface area contributed by atoms with Gasteiger partial charge in [-0.05, 0) is 50.4 Å². The van der Waals surface area contributed by atoms with Crippen LogP contribution < -0.4 is 5.32 Å². The molecular weight excluding hydrogens is 234 g/mol. The highest BCUT2D eigenvalue weighted by Gasteiger charge is 2.15. The number of aromatic nitrogens is 2. The summed E-state index contributed by atoms with van der Waals surface area (Å²) in [6.45, 7) is 2.27. The number of nitrogens with one attached hydrogen (secondary N) is 1. The summed E-state index contributed by atoms with van der Waals surface area (Å²) in [5.74, 6) is 0.715. The van der Waals surface area contributed by atoms with Gasteiger partial charge in [0.2, 0.25) is 0 Å². The predicted molar refractivity (Wildman–Crippen MR) is 69.5 cm³/mol. The minimum absolute atomic E-state index is 0.715. The molecule has 1 aliphatic heterocycles. The second-order valence-electron chi connectivity index (χ2n) is 4.74. The molecule has 2 aromatic rings. The van der Waals surface area contributed by atoms with Crippen LogP contribution in [0.2, 0.25) is 5.02 Å². The van der Waals surface area contributed by atoms with Crippen LogP contribution >= 0.6 is 11.6 Å². The van der Waals surface area contributed by atoms with E-state index in [0.717, 1.165) is 35.9 Å². The average Bonchev–Trinajstić information content (AvgIpc) is 2.74. The summed E-state index contributed by atoms with van der Waals surface area (Å²) in [5.41, 5.74) is 2.01. The van der Waals surface area contributed by atoms with E-state index in [0.29, 0.717) is 5.92 Å². The van der Waals surface area contributed by atoms with Crippen LogP contribution in [-0.2, 0) is 6.42 Å². The predicted octanol–water partition coefficient (Wildman–Crippen LogP) is 2.53. The molecular formula is C13H16ClN3. The Morgan fingerprint density at radius 1 is 1.53 bits per heavy atom. The van der Waals surface area contributed by atoms with Crippen molar-refractivity contribution in [1.82, 2.24) is 14.7 Å². The van der Waals surface area contributed by atoms with Gasteiger partial charge in [-0.2, -0.15) is 0 Å². The van der Waals surface area contributed by atoms with Crippen molar-refractivity contribution in [2.45, 2.75) is 19.3 Å². The molecule has 17 heavy (non-hydrogen) atoms. The third kappa shape index (κ3) is 2.31. The molecule has 1 saturated heterocycles. The Balaban J connectivity index is 1.83. The molecule has 0 spiro atoms. The van der Waals surface area contributed by atoms with Gasteiger partial charge < -0.3 is 9.72 Å². The number of hydrogen-bond acceptors (Lipinski definition) is 2. The first-order valence-corrected chi connectivity index (χ1v) is 6.53. The molecule has 3 nitrogen and oxygen atoms in total. The number of halogens is 1. The molecule has 3 heterocycles. The van der Waals surface area contributed by atoms with Crippen LogP contribution in [0.15, 0.2) is 24.5 Å². The number of piperidine rings is 1. The molecule has 1 N–H and O–H groups in total. The van der Waals surface area contributed by atoms with Crippen molar-refractivity contribution in [2.24, 2.45) is 5.92 Å². The fraction of sp³-hybridized carbons (Fsp3) is 0.462. The van der Waals surface area contributed by atoms with Gasteiger partial charge in [0.15, 0.2) is 5.65 Å². The summed E-state index contributed by atoms with van der Waals surface area (Å²) >= 11 is 6.12. The Labute approximate surface area is 106 Å². The largest absolute Gasteiger partial charge is 0.316 e. The van der Waals surface area contributed by atoms with Crippen molar-refractivity contribution in [3.05, 3.63) is 35.2 Å². The maximum Gasteiger partial charge on any atom is 0.155 e. The Kier molecular flexibility index (Phi) is 3.04. The highest BCUT2D eigenvalue weighted by atomic mass is 35.5. The molecule has 1 fully saturated rings. The van der Waals surface area contributed by atoms with Crippen LogP contribution in [0.3, 0.4) is 0 Å². The lowest BCUT2D eigenvalue weighted by Gasteiger charge is -2.21. The Hall–Kier alpha value is -1.06. The minimum Gasteiger partial charge on any atom is -0.316 e. The molecule has 1 aliphatic rings. The highest BCUT2D eigenvalue weighted by Crippen LogP contribution is 2.20. The first-order valence-electron chi connectivity index (χ1n) is 6.16. The van der Waals surface area contributed by atoms with Crippen molar-refractivity contribution < 1.29 is 0 Å². The summed E-state index contributed by atoms with van der Waals surface area (Å²) in [5, 5.41) is 4.16. The SMILES string of the molecule is Clc1cccn2cc(CC3CCCNC3)nc12. The zero-order valence-corrected chi connectivity index (χ0v) is 10.5. The van der Waals surface area contributed by atoms with Gasteiger partial charge in [0.05, 0.1) is 10.7 Å². The van der Waals surface area contributed by atoms with E-state index in [9.17, 15) is 0 Å². The number of rotatable bonds is 2. The molecule has 0 radical (unpaired) electrons. The zero-order chi connectivity index (χ0) is 11.7. The first-order chi connectivity index (χ1) is 8.33. The Morgan fingerprint density at radius 2 is 2.47 bits per heavy atom. The number of fused-ring (bicyclic) bond motifs is 1. The third-order valence-electron chi connectivity index (χ3n) is 3.38. The van der Waals surface area contributed by atoms with Crippen molar-refractivity contribution >= 4 is 17.2 Å². The molecule has 0 aromatic carbocycles. The number of pyridine rings is 1. The van der Waals surface area contributed by atoms with Gasteiger partial charge >= 0.3 is 0 Å². The van der Waals surface area contributed by atoms with Gasteiger partial charge in [-0.3, -0.25) is 0 Å². The van der Waals surface area contributed by atoms with E-state index < -0.39 is 0 Å². The van der Waals surface area contributed by atoms with Gasteiger partial charge in [0, 0.05) is 12.4 Å². The molecule has 0 bridgehead atoms. The van der Waals surface area contributed by atoms with Gasteiger partial charge in [-0.25, -0.2) is 4.98 Å². The number of imidazole rings is 1. The molecule has 90 valence electrons. The van der Waals surface area contributed by atoms with Crippen LogP contribution in [0, 0.1) is 5.92 Å². The number of nitrogens with zero attached hydrogens (tertiary/aromatic N) is 2. The zero-order valence-electron chi connectivity index (χ0n) is 9.69. The second-order valence-corrected chi connectivity index (χ2v) is 5.14.